The van der Waals surface area contributed by atoms with Gasteiger partial charge in [0, 0.05) is 9.77 Å². The summed E-state index contributed by atoms with van der Waals surface area (Å²) in [6.45, 7) is 0. The van der Waals surface area contributed by atoms with Crippen molar-refractivity contribution in [3.63, 3.8) is 0 Å². The number of hydrogen-bond donors (Lipinski definition) is 1. The molecular weight excluding hydrogens is 421 g/mol. The van der Waals surface area contributed by atoms with Gasteiger partial charge in [-0.05, 0) is 62.8 Å². The SMILES string of the molecule is Fc1ccc(Nc2ncc(Cl)cc2Br)c(I)c1. The van der Waals surface area contributed by atoms with Crippen LogP contribution in [0.15, 0.2) is 34.9 Å². The van der Waals surface area contributed by atoms with E-state index in [1.54, 1.807) is 18.3 Å². The Morgan fingerprint density at radius 1 is 1.35 bits per heavy atom. The molecule has 0 unspecified atom stereocenters. The number of rotatable bonds is 2. The van der Waals surface area contributed by atoms with Gasteiger partial charge in [-0.25, -0.2) is 9.37 Å². The molecule has 0 fully saturated rings. The minimum atomic E-state index is -0.261. The van der Waals surface area contributed by atoms with E-state index in [1.807, 2.05) is 0 Å². The van der Waals surface area contributed by atoms with E-state index in [2.05, 4.69) is 48.8 Å². The number of pyridine rings is 1. The molecule has 1 aromatic heterocycles. The first-order valence-electron chi connectivity index (χ1n) is 4.59. The van der Waals surface area contributed by atoms with E-state index in [-0.39, 0.29) is 5.82 Å². The van der Waals surface area contributed by atoms with Crippen molar-refractivity contribution < 1.29 is 4.39 Å². The molecule has 1 N–H and O–H groups in total. The molecule has 88 valence electrons. The summed E-state index contributed by atoms with van der Waals surface area (Å²) in [4.78, 5) is 4.15. The lowest BCUT2D eigenvalue weighted by atomic mass is 10.3. The zero-order chi connectivity index (χ0) is 12.4. The summed E-state index contributed by atoms with van der Waals surface area (Å²) in [6.07, 6.45) is 1.55. The summed E-state index contributed by atoms with van der Waals surface area (Å²) in [6, 6.07) is 6.26. The minimum absolute atomic E-state index is 0.261. The van der Waals surface area contributed by atoms with Crippen LogP contribution in [0.25, 0.3) is 0 Å². The lowest BCUT2D eigenvalue weighted by molar-refractivity contribution is 0.627. The van der Waals surface area contributed by atoms with E-state index in [1.165, 1.54) is 12.1 Å². The molecule has 2 aromatic rings. The summed E-state index contributed by atoms with van der Waals surface area (Å²) >= 11 is 11.2. The highest BCUT2D eigenvalue weighted by Crippen LogP contribution is 2.28. The molecule has 0 atom stereocenters. The van der Waals surface area contributed by atoms with Gasteiger partial charge in [0.2, 0.25) is 0 Å². The van der Waals surface area contributed by atoms with Crippen molar-refractivity contribution in [2.45, 2.75) is 0 Å². The van der Waals surface area contributed by atoms with E-state index >= 15 is 0 Å². The molecule has 1 heterocycles. The van der Waals surface area contributed by atoms with Gasteiger partial charge >= 0.3 is 0 Å². The first-order valence-corrected chi connectivity index (χ1v) is 6.84. The fraction of sp³-hybridized carbons (Fsp3) is 0. The van der Waals surface area contributed by atoms with E-state index in [0.717, 1.165) is 13.7 Å². The summed E-state index contributed by atoms with van der Waals surface area (Å²) in [5.74, 6) is 0.377. The van der Waals surface area contributed by atoms with Crippen LogP contribution in [-0.2, 0) is 0 Å². The normalized spacial score (nSPS) is 10.4. The number of benzene rings is 1. The average molecular weight is 427 g/mol. The molecule has 2 nitrogen and oxygen atoms in total. The zero-order valence-corrected chi connectivity index (χ0v) is 12.8. The van der Waals surface area contributed by atoms with Gasteiger partial charge in [0.25, 0.3) is 0 Å². The molecule has 0 saturated heterocycles. The summed E-state index contributed by atoms with van der Waals surface area (Å²) in [5, 5.41) is 3.66. The first-order chi connectivity index (χ1) is 8.06. The highest BCUT2D eigenvalue weighted by Gasteiger charge is 2.06. The fourth-order valence-corrected chi connectivity index (χ4v) is 2.57. The van der Waals surface area contributed by atoms with Crippen molar-refractivity contribution in [3.05, 3.63) is 49.3 Å². The number of aromatic nitrogens is 1. The summed E-state index contributed by atoms with van der Waals surface area (Å²) in [5.41, 5.74) is 0.794. The molecule has 0 saturated carbocycles. The van der Waals surface area contributed by atoms with E-state index in [0.29, 0.717) is 10.8 Å². The Labute approximate surface area is 125 Å². The Hall–Kier alpha value is -0.400. The summed E-state index contributed by atoms with van der Waals surface area (Å²) < 4.78 is 14.5. The monoisotopic (exact) mass is 426 g/mol. The number of nitrogens with zero attached hydrogens (tertiary/aromatic N) is 1. The number of anilines is 2. The van der Waals surface area contributed by atoms with Crippen molar-refractivity contribution in [1.29, 1.82) is 0 Å². The third-order valence-electron chi connectivity index (χ3n) is 1.99. The quantitative estimate of drug-likeness (QED) is 0.684. The standard InChI is InChI=1S/C11H6BrClFIN2/c12-8-3-6(13)5-16-11(8)17-10-2-1-7(14)4-9(10)15/h1-5H,(H,16,17). The van der Waals surface area contributed by atoms with Crippen LogP contribution in [0, 0.1) is 9.39 Å². The molecule has 17 heavy (non-hydrogen) atoms. The molecule has 1 aromatic carbocycles. The third-order valence-corrected chi connectivity index (χ3v) is 3.70. The third kappa shape index (κ3) is 3.29. The van der Waals surface area contributed by atoms with E-state index in [9.17, 15) is 4.39 Å². The maximum atomic E-state index is 12.9. The summed E-state index contributed by atoms with van der Waals surface area (Å²) in [7, 11) is 0. The predicted molar refractivity (Wildman–Crippen MR) is 79.3 cm³/mol. The van der Waals surface area contributed by atoms with Crippen LogP contribution in [0.3, 0.4) is 0 Å². The van der Waals surface area contributed by atoms with Crippen LogP contribution in [0.1, 0.15) is 0 Å². The minimum Gasteiger partial charge on any atom is -0.338 e. The second-order valence-electron chi connectivity index (χ2n) is 3.23. The van der Waals surface area contributed by atoms with Gasteiger partial charge in [-0.3, -0.25) is 0 Å². The first kappa shape index (κ1) is 13.0. The molecule has 2 rings (SSSR count). The van der Waals surface area contributed by atoms with Crippen molar-refractivity contribution >= 4 is 61.6 Å². The van der Waals surface area contributed by atoms with E-state index in [4.69, 9.17) is 11.6 Å². The van der Waals surface area contributed by atoms with Crippen LogP contribution in [0.5, 0.6) is 0 Å². The fourth-order valence-electron chi connectivity index (χ4n) is 1.22. The van der Waals surface area contributed by atoms with Gasteiger partial charge in [0.05, 0.1) is 15.2 Å². The Morgan fingerprint density at radius 3 is 2.76 bits per heavy atom. The predicted octanol–water partition coefficient (Wildman–Crippen LogP) is 4.98. The van der Waals surface area contributed by atoms with Crippen LogP contribution in [0.2, 0.25) is 5.02 Å². The second kappa shape index (κ2) is 5.49. The average Bonchev–Trinajstić information content (AvgIpc) is 2.25. The van der Waals surface area contributed by atoms with Gasteiger partial charge in [-0.15, -0.1) is 0 Å². The van der Waals surface area contributed by atoms with Crippen LogP contribution < -0.4 is 5.32 Å². The van der Waals surface area contributed by atoms with Crippen molar-refractivity contribution in [2.75, 3.05) is 5.32 Å². The Bertz CT molecular complexity index is 516. The van der Waals surface area contributed by atoms with Crippen LogP contribution in [-0.4, -0.2) is 4.98 Å². The Morgan fingerprint density at radius 2 is 2.12 bits per heavy atom. The Kier molecular flexibility index (Phi) is 4.22. The van der Waals surface area contributed by atoms with Gasteiger partial charge in [-0.1, -0.05) is 11.6 Å². The molecule has 0 amide bonds. The van der Waals surface area contributed by atoms with Gasteiger partial charge in [0.15, 0.2) is 0 Å². The van der Waals surface area contributed by atoms with Gasteiger partial charge in [-0.2, -0.15) is 0 Å². The Balaban J connectivity index is 2.31. The molecule has 6 heteroatoms. The van der Waals surface area contributed by atoms with Crippen molar-refractivity contribution in [2.24, 2.45) is 0 Å². The maximum absolute atomic E-state index is 12.9. The van der Waals surface area contributed by atoms with Gasteiger partial charge in [0.1, 0.15) is 11.6 Å². The molecular formula is C11H6BrClFIN2. The highest BCUT2D eigenvalue weighted by molar-refractivity contribution is 14.1. The largest absolute Gasteiger partial charge is 0.338 e. The molecule has 0 spiro atoms. The number of halogens is 4. The van der Waals surface area contributed by atoms with E-state index < -0.39 is 0 Å². The second-order valence-corrected chi connectivity index (χ2v) is 5.69. The van der Waals surface area contributed by atoms with Gasteiger partial charge < -0.3 is 5.32 Å². The topological polar surface area (TPSA) is 24.9 Å². The smallest absolute Gasteiger partial charge is 0.144 e. The number of hydrogen-bond acceptors (Lipinski definition) is 2. The molecule has 0 radical (unpaired) electrons. The molecule has 0 aliphatic heterocycles. The molecule has 0 aliphatic carbocycles. The van der Waals surface area contributed by atoms with Crippen LogP contribution in [0.4, 0.5) is 15.9 Å². The molecule has 0 aliphatic rings. The van der Waals surface area contributed by atoms with Crippen molar-refractivity contribution in [1.82, 2.24) is 4.98 Å². The highest BCUT2D eigenvalue weighted by atomic mass is 127. The van der Waals surface area contributed by atoms with Crippen molar-refractivity contribution in [3.8, 4) is 0 Å². The van der Waals surface area contributed by atoms with Crippen LogP contribution >= 0.6 is 50.1 Å². The maximum Gasteiger partial charge on any atom is 0.144 e. The number of nitrogens with one attached hydrogen (secondary N) is 1. The lowest BCUT2D eigenvalue weighted by Gasteiger charge is -2.09. The zero-order valence-electron chi connectivity index (χ0n) is 8.35. The molecule has 0 bridgehead atoms. The lowest BCUT2D eigenvalue weighted by Crippen LogP contribution is -1.97.